The molecule has 1 heterocycles. The van der Waals surface area contributed by atoms with Crippen LogP contribution in [0.5, 0.6) is 0 Å². The fourth-order valence-corrected chi connectivity index (χ4v) is 3.66. The molecule has 0 aliphatic carbocycles. The molecule has 1 aromatic heterocycles. The van der Waals surface area contributed by atoms with Crippen molar-refractivity contribution in [3.05, 3.63) is 82.4 Å². The summed E-state index contributed by atoms with van der Waals surface area (Å²) in [5, 5.41) is 22.5. The van der Waals surface area contributed by atoms with Gasteiger partial charge < -0.3 is 9.67 Å². The number of para-hydroxylation sites is 2. The first-order valence-corrected chi connectivity index (χ1v) is 9.33. The van der Waals surface area contributed by atoms with E-state index in [0.29, 0.717) is 0 Å². The zero-order valence-electron chi connectivity index (χ0n) is 16.1. The van der Waals surface area contributed by atoms with E-state index >= 15 is 0 Å². The molecule has 0 amide bonds. The molecule has 2 N–H and O–H groups in total. The monoisotopic (exact) mass is 391 g/mol. The standard InChI is InChI=1S/C22H21N3O4/c1-14(23-29-15(2)26)17-7-3-5-9-20(17)24-21-10-6-4-8-18(21)19-13-16(25(27)28)11-12-22(19)24/h3-15,23,26H,1-2H3/t14-,15?/m1/s1. The molecule has 0 saturated carbocycles. The van der Waals surface area contributed by atoms with Gasteiger partial charge in [-0.05, 0) is 37.6 Å². The van der Waals surface area contributed by atoms with Crippen LogP contribution < -0.4 is 5.48 Å². The summed E-state index contributed by atoms with van der Waals surface area (Å²) >= 11 is 0. The van der Waals surface area contributed by atoms with Crippen LogP contribution in [0.4, 0.5) is 5.69 Å². The first kappa shape index (κ1) is 19.1. The molecule has 0 spiro atoms. The number of fused-ring (bicyclic) bond motifs is 3. The number of nitrogens with zero attached hydrogens (tertiary/aromatic N) is 2. The predicted octanol–water partition coefficient (Wildman–Crippen LogP) is 4.61. The average molecular weight is 391 g/mol. The van der Waals surface area contributed by atoms with Gasteiger partial charge in [-0.2, -0.15) is 5.48 Å². The lowest BCUT2D eigenvalue weighted by molar-refractivity contribution is -0.384. The lowest BCUT2D eigenvalue weighted by atomic mass is 10.1. The number of aromatic nitrogens is 1. The number of non-ortho nitro benzene ring substituents is 1. The Morgan fingerprint density at radius 2 is 1.69 bits per heavy atom. The minimum atomic E-state index is -0.932. The maximum Gasteiger partial charge on any atom is 0.270 e. The first-order valence-electron chi connectivity index (χ1n) is 9.33. The van der Waals surface area contributed by atoms with E-state index in [1.54, 1.807) is 12.1 Å². The van der Waals surface area contributed by atoms with Gasteiger partial charge in [0, 0.05) is 22.9 Å². The summed E-state index contributed by atoms with van der Waals surface area (Å²) in [4.78, 5) is 16.1. The Kier molecular flexibility index (Phi) is 5.02. The highest BCUT2D eigenvalue weighted by atomic mass is 16.7. The number of aliphatic hydroxyl groups excluding tert-OH is 1. The van der Waals surface area contributed by atoms with Crippen LogP contribution in [0.3, 0.4) is 0 Å². The van der Waals surface area contributed by atoms with E-state index < -0.39 is 6.29 Å². The number of aliphatic hydroxyl groups is 1. The number of hydroxylamine groups is 1. The largest absolute Gasteiger partial charge is 0.367 e. The van der Waals surface area contributed by atoms with Crippen LogP contribution in [0, 0.1) is 10.1 Å². The second kappa shape index (κ2) is 7.63. The van der Waals surface area contributed by atoms with Crippen molar-refractivity contribution < 1.29 is 14.9 Å². The number of nitro benzene ring substituents is 1. The number of nitro groups is 1. The van der Waals surface area contributed by atoms with Gasteiger partial charge in [-0.15, -0.1) is 0 Å². The summed E-state index contributed by atoms with van der Waals surface area (Å²) in [6.45, 7) is 3.48. The molecule has 7 heteroatoms. The fourth-order valence-electron chi connectivity index (χ4n) is 3.66. The van der Waals surface area contributed by atoms with Crippen molar-refractivity contribution in [2.75, 3.05) is 0 Å². The molecule has 2 atom stereocenters. The van der Waals surface area contributed by atoms with Crippen LogP contribution in [-0.4, -0.2) is 20.9 Å². The van der Waals surface area contributed by atoms with E-state index in [2.05, 4.69) is 10.0 Å². The Labute approximate surface area is 167 Å². The van der Waals surface area contributed by atoms with Gasteiger partial charge in [0.15, 0.2) is 6.29 Å². The third-order valence-electron chi connectivity index (χ3n) is 4.93. The minimum Gasteiger partial charge on any atom is -0.367 e. The molecule has 1 unspecified atom stereocenters. The molecule has 0 fully saturated rings. The van der Waals surface area contributed by atoms with Gasteiger partial charge in [-0.25, -0.2) is 0 Å². The number of hydrogen-bond donors (Lipinski definition) is 2. The normalized spacial score (nSPS) is 13.6. The third kappa shape index (κ3) is 3.47. The van der Waals surface area contributed by atoms with Crippen molar-refractivity contribution >= 4 is 27.5 Å². The van der Waals surface area contributed by atoms with Gasteiger partial charge in [0.1, 0.15) is 0 Å². The van der Waals surface area contributed by atoms with Gasteiger partial charge in [0.25, 0.3) is 5.69 Å². The molecule has 7 nitrogen and oxygen atoms in total. The Morgan fingerprint density at radius 1 is 1.00 bits per heavy atom. The molecule has 0 aliphatic rings. The Bertz CT molecular complexity index is 1200. The Hall–Kier alpha value is -3.26. The Morgan fingerprint density at radius 3 is 2.45 bits per heavy atom. The van der Waals surface area contributed by atoms with Crippen LogP contribution in [0.2, 0.25) is 0 Å². The topological polar surface area (TPSA) is 89.6 Å². The van der Waals surface area contributed by atoms with E-state index in [9.17, 15) is 15.2 Å². The van der Waals surface area contributed by atoms with E-state index in [1.807, 2.05) is 55.5 Å². The van der Waals surface area contributed by atoms with Crippen molar-refractivity contribution in [3.63, 3.8) is 0 Å². The summed E-state index contributed by atoms with van der Waals surface area (Å²) in [6.07, 6.45) is -0.932. The Balaban J connectivity index is 1.96. The molecule has 0 saturated heterocycles. The molecule has 0 radical (unpaired) electrons. The highest BCUT2D eigenvalue weighted by molar-refractivity contribution is 6.10. The predicted molar refractivity (Wildman–Crippen MR) is 112 cm³/mol. The molecule has 29 heavy (non-hydrogen) atoms. The molecular formula is C22H21N3O4. The first-order chi connectivity index (χ1) is 14.0. The van der Waals surface area contributed by atoms with Crippen molar-refractivity contribution in [1.29, 1.82) is 0 Å². The maximum absolute atomic E-state index is 11.3. The minimum absolute atomic E-state index is 0.0639. The van der Waals surface area contributed by atoms with Gasteiger partial charge >= 0.3 is 0 Å². The van der Waals surface area contributed by atoms with Crippen LogP contribution in [0.25, 0.3) is 27.5 Å². The highest BCUT2D eigenvalue weighted by Crippen LogP contribution is 2.36. The van der Waals surface area contributed by atoms with Crippen LogP contribution in [-0.2, 0) is 4.84 Å². The highest BCUT2D eigenvalue weighted by Gasteiger charge is 2.19. The SMILES string of the molecule is CC(O)ON[C@H](C)c1ccccc1-n1c2ccccc2c2cc([N+](=O)[O-])ccc21. The molecule has 0 bridgehead atoms. The van der Waals surface area contributed by atoms with E-state index in [0.717, 1.165) is 33.1 Å². The zero-order chi connectivity index (χ0) is 20.5. The van der Waals surface area contributed by atoms with Gasteiger partial charge in [0.05, 0.1) is 27.7 Å². The number of benzene rings is 3. The molecule has 4 rings (SSSR count). The lowest BCUT2D eigenvalue weighted by Gasteiger charge is -2.20. The second-order valence-electron chi connectivity index (χ2n) is 6.93. The van der Waals surface area contributed by atoms with Crippen LogP contribution in [0.1, 0.15) is 25.5 Å². The van der Waals surface area contributed by atoms with Gasteiger partial charge in [-0.1, -0.05) is 36.4 Å². The quantitative estimate of drug-likeness (QED) is 0.285. The number of hydrogen-bond acceptors (Lipinski definition) is 5. The molecule has 148 valence electrons. The fraction of sp³-hybridized carbons (Fsp3) is 0.182. The van der Waals surface area contributed by atoms with Crippen molar-refractivity contribution in [2.24, 2.45) is 0 Å². The number of nitrogens with one attached hydrogen (secondary N) is 1. The molecule has 4 aromatic rings. The summed E-state index contributed by atoms with van der Waals surface area (Å²) < 4.78 is 2.10. The maximum atomic E-state index is 11.3. The van der Waals surface area contributed by atoms with E-state index in [-0.39, 0.29) is 16.7 Å². The van der Waals surface area contributed by atoms with E-state index in [1.165, 1.54) is 13.0 Å². The molecule has 0 aliphatic heterocycles. The van der Waals surface area contributed by atoms with Crippen LogP contribution in [0.15, 0.2) is 66.7 Å². The smallest absolute Gasteiger partial charge is 0.270 e. The van der Waals surface area contributed by atoms with Crippen molar-refractivity contribution in [2.45, 2.75) is 26.2 Å². The van der Waals surface area contributed by atoms with Crippen molar-refractivity contribution in [1.82, 2.24) is 10.0 Å². The lowest BCUT2D eigenvalue weighted by Crippen LogP contribution is -2.25. The molecule has 3 aromatic carbocycles. The summed E-state index contributed by atoms with van der Waals surface area (Å²) in [5.41, 5.74) is 6.67. The second-order valence-corrected chi connectivity index (χ2v) is 6.93. The number of rotatable bonds is 6. The summed E-state index contributed by atoms with van der Waals surface area (Å²) in [6, 6.07) is 20.5. The molecular weight excluding hydrogens is 370 g/mol. The summed E-state index contributed by atoms with van der Waals surface area (Å²) in [5.74, 6) is 0. The average Bonchev–Trinajstić information content (AvgIpc) is 3.05. The van der Waals surface area contributed by atoms with Crippen molar-refractivity contribution in [3.8, 4) is 5.69 Å². The summed E-state index contributed by atoms with van der Waals surface area (Å²) in [7, 11) is 0. The third-order valence-corrected chi connectivity index (χ3v) is 4.93. The van der Waals surface area contributed by atoms with E-state index in [4.69, 9.17) is 4.84 Å². The van der Waals surface area contributed by atoms with Gasteiger partial charge in [-0.3, -0.25) is 15.0 Å². The van der Waals surface area contributed by atoms with Crippen LogP contribution >= 0.6 is 0 Å². The zero-order valence-corrected chi connectivity index (χ0v) is 16.1. The van der Waals surface area contributed by atoms with Gasteiger partial charge in [0.2, 0.25) is 0 Å².